The van der Waals surface area contributed by atoms with Gasteiger partial charge in [0.25, 0.3) is 0 Å². The zero-order valence-corrected chi connectivity index (χ0v) is 17.0. The molecule has 2 aliphatic rings. The van der Waals surface area contributed by atoms with Crippen LogP contribution in [0.3, 0.4) is 0 Å². The Hall–Kier alpha value is -4.53. The van der Waals surface area contributed by atoms with Crippen molar-refractivity contribution in [1.82, 2.24) is 0 Å². The van der Waals surface area contributed by atoms with E-state index in [0.29, 0.717) is 5.56 Å². The molecule has 0 saturated carbocycles. The van der Waals surface area contributed by atoms with Crippen molar-refractivity contribution >= 4 is 17.9 Å². The Morgan fingerprint density at radius 1 is 1.00 bits per heavy atom. The van der Waals surface area contributed by atoms with E-state index in [-0.39, 0.29) is 39.5 Å². The average Bonchev–Trinajstić information content (AvgIpc) is 3.05. The molecule has 0 radical (unpaired) electrons. The van der Waals surface area contributed by atoms with Crippen LogP contribution in [-0.2, 0) is 15.1 Å². The molecule has 2 heterocycles. The van der Waals surface area contributed by atoms with Gasteiger partial charge in [-0.3, -0.25) is 4.79 Å². The fourth-order valence-corrected chi connectivity index (χ4v) is 4.56. The molecule has 3 aromatic carbocycles. The Labute approximate surface area is 186 Å². The molecule has 0 aliphatic carbocycles. The van der Waals surface area contributed by atoms with Gasteiger partial charge in [0, 0.05) is 17.2 Å². The summed E-state index contributed by atoms with van der Waals surface area (Å²) in [5, 5.41) is 40.0. The monoisotopic (exact) mass is 448 g/mol. The van der Waals surface area contributed by atoms with Crippen molar-refractivity contribution in [2.24, 2.45) is 0 Å². The van der Waals surface area contributed by atoms with E-state index < -0.39 is 40.7 Å². The molecule has 33 heavy (non-hydrogen) atoms. The molecule has 2 unspecified atom stereocenters. The van der Waals surface area contributed by atoms with Gasteiger partial charge in [0.2, 0.25) is 0 Å². The lowest BCUT2D eigenvalue weighted by molar-refractivity contribution is -0.138. The number of hydrogen-bond acceptors (Lipinski definition) is 7. The number of esters is 1. The van der Waals surface area contributed by atoms with Crippen molar-refractivity contribution in [3.8, 4) is 23.0 Å². The Balaban J connectivity index is 1.98. The lowest BCUT2D eigenvalue weighted by atomic mass is 9.73. The average molecular weight is 448 g/mol. The van der Waals surface area contributed by atoms with Crippen LogP contribution in [0.25, 0.3) is 0 Å². The maximum Gasteiger partial charge on any atom is 0.343 e. The third kappa shape index (κ3) is 2.62. The second-order valence-electron chi connectivity index (χ2n) is 7.83. The van der Waals surface area contributed by atoms with Crippen LogP contribution in [0, 0.1) is 0 Å². The van der Waals surface area contributed by atoms with E-state index in [2.05, 4.69) is 0 Å². The molecule has 0 fully saturated rings. The van der Waals surface area contributed by atoms with Gasteiger partial charge in [-0.2, -0.15) is 0 Å². The number of phenolic OH excluding ortho intramolecular Hbond substituents is 1. The number of carboxylic acids is 2. The van der Waals surface area contributed by atoms with Crippen LogP contribution in [0.15, 0.2) is 48.5 Å². The van der Waals surface area contributed by atoms with Gasteiger partial charge in [-0.25, -0.2) is 9.59 Å². The summed E-state index contributed by atoms with van der Waals surface area (Å²) < 4.78 is 11.8. The highest BCUT2D eigenvalue weighted by atomic mass is 16.6. The SMILES string of the molecule is CC(C(=O)O)c1cc(O)cc2c1C1(OC(=O)c3ccccc31)c1ccc(O)c(C(=O)O)c1O2. The van der Waals surface area contributed by atoms with Crippen molar-refractivity contribution in [2.45, 2.75) is 18.4 Å². The Morgan fingerprint density at radius 3 is 2.42 bits per heavy atom. The molecule has 0 amide bonds. The third-order valence-corrected chi connectivity index (χ3v) is 6.02. The fourth-order valence-electron chi connectivity index (χ4n) is 4.56. The number of carbonyl (C=O) groups is 3. The molecule has 1 spiro atoms. The van der Waals surface area contributed by atoms with Crippen LogP contribution in [0.4, 0.5) is 0 Å². The largest absolute Gasteiger partial charge is 0.508 e. The second-order valence-corrected chi connectivity index (χ2v) is 7.83. The maximum atomic E-state index is 12.9. The van der Waals surface area contributed by atoms with Gasteiger partial charge in [-0.15, -0.1) is 0 Å². The van der Waals surface area contributed by atoms with Crippen LogP contribution in [0.1, 0.15) is 55.8 Å². The molecule has 4 N–H and O–H groups in total. The number of aliphatic carboxylic acids is 1. The zero-order valence-electron chi connectivity index (χ0n) is 17.0. The quantitative estimate of drug-likeness (QED) is 0.441. The molecule has 0 bridgehead atoms. The molecule has 3 aromatic rings. The summed E-state index contributed by atoms with van der Waals surface area (Å²) >= 11 is 0. The van der Waals surface area contributed by atoms with E-state index >= 15 is 0 Å². The minimum Gasteiger partial charge on any atom is -0.508 e. The molecular formula is C24H16O9. The summed E-state index contributed by atoms with van der Waals surface area (Å²) in [5.41, 5.74) is -1.38. The van der Waals surface area contributed by atoms with E-state index in [1.165, 1.54) is 25.1 Å². The molecule has 2 atom stereocenters. The Morgan fingerprint density at radius 2 is 1.73 bits per heavy atom. The number of ether oxygens (including phenoxy) is 2. The minimum atomic E-state index is -1.76. The summed E-state index contributed by atoms with van der Waals surface area (Å²) in [7, 11) is 0. The molecule has 9 nitrogen and oxygen atoms in total. The number of phenols is 2. The van der Waals surface area contributed by atoms with Gasteiger partial charge in [0.15, 0.2) is 11.4 Å². The van der Waals surface area contributed by atoms with Crippen molar-refractivity contribution in [1.29, 1.82) is 0 Å². The predicted octanol–water partition coefficient (Wildman–Crippen LogP) is 3.55. The molecule has 0 aromatic heterocycles. The first-order valence-electron chi connectivity index (χ1n) is 9.87. The van der Waals surface area contributed by atoms with Crippen LogP contribution < -0.4 is 4.74 Å². The number of benzene rings is 3. The molecule has 5 rings (SSSR count). The lowest BCUT2D eigenvalue weighted by Gasteiger charge is -2.39. The van der Waals surface area contributed by atoms with Crippen molar-refractivity contribution < 1.29 is 44.3 Å². The van der Waals surface area contributed by atoms with Crippen LogP contribution in [-0.4, -0.2) is 38.3 Å². The highest BCUT2D eigenvalue weighted by Gasteiger charge is 2.56. The summed E-state index contributed by atoms with van der Waals surface area (Å²) in [4.78, 5) is 36.8. The van der Waals surface area contributed by atoms with Crippen LogP contribution >= 0.6 is 0 Å². The Kier molecular flexibility index (Phi) is 4.16. The third-order valence-electron chi connectivity index (χ3n) is 6.02. The number of aromatic carboxylic acids is 1. The normalized spacial score (nSPS) is 18.5. The highest BCUT2D eigenvalue weighted by Crippen LogP contribution is 2.59. The number of aromatic hydroxyl groups is 2. The van der Waals surface area contributed by atoms with E-state index in [1.807, 2.05) is 0 Å². The first-order valence-corrected chi connectivity index (χ1v) is 9.87. The first kappa shape index (κ1) is 20.4. The van der Waals surface area contributed by atoms with Crippen LogP contribution in [0.5, 0.6) is 23.0 Å². The van der Waals surface area contributed by atoms with Crippen molar-refractivity contribution in [3.05, 3.63) is 81.9 Å². The lowest BCUT2D eigenvalue weighted by Crippen LogP contribution is -2.35. The van der Waals surface area contributed by atoms with Gasteiger partial charge >= 0.3 is 17.9 Å². The highest BCUT2D eigenvalue weighted by molar-refractivity contribution is 5.99. The van der Waals surface area contributed by atoms with Gasteiger partial charge in [0.1, 0.15) is 22.8 Å². The second kappa shape index (κ2) is 6.73. The standard InChI is InChI=1S/C24H16O9/c1-10(21(27)28)13-8-11(25)9-17-19(13)24(14-5-3-2-4-12(14)23(31)33-24)15-6-7-16(26)18(22(29)30)20(15)32-17/h2-10,25-26H,1H3,(H,27,28)(H,29,30). The molecule has 9 heteroatoms. The number of hydrogen-bond donors (Lipinski definition) is 4. The summed E-state index contributed by atoms with van der Waals surface area (Å²) in [6.45, 7) is 1.41. The van der Waals surface area contributed by atoms with Gasteiger partial charge < -0.3 is 29.9 Å². The van der Waals surface area contributed by atoms with Gasteiger partial charge in [0.05, 0.1) is 17.0 Å². The zero-order chi connectivity index (χ0) is 23.7. The van der Waals surface area contributed by atoms with Crippen molar-refractivity contribution in [2.75, 3.05) is 0 Å². The minimum absolute atomic E-state index is 0.0943. The number of fused-ring (bicyclic) bond motifs is 6. The van der Waals surface area contributed by atoms with Gasteiger partial charge in [-0.05, 0) is 36.8 Å². The topological polar surface area (TPSA) is 151 Å². The summed E-state index contributed by atoms with van der Waals surface area (Å²) in [6, 6.07) is 11.4. The van der Waals surface area contributed by atoms with E-state index in [9.17, 15) is 34.8 Å². The maximum absolute atomic E-state index is 12.9. The van der Waals surface area contributed by atoms with E-state index in [0.717, 1.165) is 6.07 Å². The first-order chi connectivity index (χ1) is 15.7. The van der Waals surface area contributed by atoms with E-state index in [4.69, 9.17) is 9.47 Å². The van der Waals surface area contributed by atoms with Crippen molar-refractivity contribution in [3.63, 3.8) is 0 Å². The summed E-state index contributed by atoms with van der Waals surface area (Å²) in [5.74, 6) is -5.80. The summed E-state index contributed by atoms with van der Waals surface area (Å²) in [6.07, 6.45) is 0. The Bertz CT molecular complexity index is 1390. The van der Waals surface area contributed by atoms with E-state index in [1.54, 1.807) is 24.3 Å². The molecule has 0 saturated heterocycles. The predicted molar refractivity (Wildman–Crippen MR) is 111 cm³/mol. The number of carboxylic acid groups (broad SMARTS) is 2. The molecule has 2 aliphatic heterocycles. The molecular weight excluding hydrogens is 432 g/mol. The molecule has 166 valence electrons. The van der Waals surface area contributed by atoms with Gasteiger partial charge in [-0.1, -0.05) is 18.2 Å². The number of rotatable bonds is 3. The fraction of sp³-hybridized carbons (Fsp3) is 0.125. The number of carbonyl (C=O) groups excluding carboxylic acids is 1. The van der Waals surface area contributed by atoms with Crippen LogP contribution in [0.2, 0.25) is 0 Å². The smallest absolute Gasteiger partial charge is 0.343 e.